The van der Waals surface area contributed by atoms with Crippen molar-refractivity contribution in [1.29, 1.82) is 0 Å². The van der Waals surface area contributed by atoms with E-state index in [1.807, 2.05) is 0 Å². The lowest BCUT2D eigenvalue weighted by Crippen LogP contribution is -2.40. The van der Waals surface area contributed by atoms with Gasteiger partial charge in [-0.15, -0.1) is 11.6 Å². The Morgan fingerprint density at radius 1 is 1.83 bits per heavy atom. The van der Waals surface area contributed by atoms with Crippen molar-refractivity contribution in [3.05, 3.63) is 0 Å². The molecule has 0 aromatic heterocycles. The summed E-state index contributed by atoms with van der Waals surface area (Å²) < 4.78 is 0. The molecule has 0 spiro atoms. The molecule has 1 aliphatic heterocycles. The molecular formula is C7H10ClNO2S. The smallest absolute Gasteiger partial charge is 0.238 e. The van der Waals surface area contributed by atoms with Gasteiger partial charge in [-0.3, -0.25) is 9.59 Å². The highest BCUT2D eigenvalue weighted by Gasteiger charge is 2.27. The number of hydrogen-bond donors (Lipinski definition) is 1. The van der Waals surface area contributed by atoms with Gasteiger partial charge in [-0.25, -0.2) is 0 Å². The van der Waals surface area contributed by atoms with Crippen molar-refractivity contribution in [3.63, 3.8) is 0 Å². The molecule has 0 aromatic carbocycles. The number of rotatable bonds is 2. The molecule has 1 rings (SSSR count). The molecule has 0 unspecified atom stereocenters. The molecule has 0 saturated carbocycles. The van der Waals surface area contributed by atoms with Crippen LogP contribution in [0.25, 0.3) is 0 Å². The highest BCUT2D eigenvalue weighted by Crippen LogP contribution is 2.19. The number of amides is 1. The van der Waals surface area contributed by atoms with Crippen molar-refractivity contribution >= 4 is 34.4 Å². The maximum absolute atomic E-state index is 11.0. The fourth-order valence-electron chi connectivity index (χ4n) is 0.913. The zero-order valence-corrected chi connectivity index (χ0v) is 8.24. The molecule has 1 aliphatic rings. The zero-order valence-electron chi connectivity index (χ0n) is 6.67. The first kappa shape index (κ1) is 9.86. The maximum atomic E-state index is 11.0. The van der Waals surface area contributed by atoms with Crippen molar-refractivity contribution < 1.29 is 9.59 Å². The third-order valence-electron chi connectivity index (χ3n) is 1.61. The van der Waals surface area contributed by atoms with Gasteiger partial charge in [-0.2, -0.15) is 0 Å². The molecule has 12 heavy (non-hydrogen) atoms. The third-order valence-corrected chi connectivity index (χ3v) is 2.82. The predicted octanol–water partition coefficient (Wildman–Crippen LogP) is 0.762. The quantitative estimate of drug-likeness (QED) is 0.681. The van der Waals surface area contributed by atoms with Gasteiger partial charge in [0.05, 0.1) is 6.04 Å². The fraction of sp³-hybridized carbons (Fsp3) is 0.714. The van der Waals surface area contributed by atoms with Crippen LogP contribution >= 0.6 is 23.4 Å². The number of halogens is 1. The van der Waals surface area contributed by atoms with Gasteiger partial charge in [0, 0.05) is 5.75 Å². The van der Waals surface area contributed by atoms with Crippen LogP contribution in [-0.2, 0) is 9.59 Å². The Bertz CT molecular complexity index is 208. The average molecular weight is 208 g/mol. The minimum Gasteiger partial charge on any atom is -0.344 e. The molecule has 1 amide bonds. The second kappa shape index (κ2) is 4.14. The van der Waals surface area contributed by atoms with E-state index in [0.717, 1.165) is 12.2 Å². The Morgan fingerprint density at radius 3 is 2.92 bits per heavy atom. The van der Waals surface area contributed by atoms with Crippen LogP contribution in [0.2, 0.25) is 0 Å². The summed E-state index contributed by atoms with van der Waals surface area (Å²) in [6, 6.07) is -0.316. The number of thioether (sulfide) groups is 1. The van der Waals surface area contributed by atoms with Gasteiger partial charge in [0.1, 0.15) is 5.38 Å². The fourth-order valence-corrected chi connectivity index (χ4v) is 1.91. The summed E-state index contributed by atoms with van der Waals surface area (Å²) in [6.07, 6.45) is 0.721. The van der Waals surface area contributed by atoms with E-state index in [2.05, 4.69) is 5.32 Å². The van der Waals surface area contributed by atoms with E-state index in [0.29, 0.717) is 0 Å². The molecule has 0 radical (unpaired) electrons. The highest BCUT2D eigenvalue weighted by atomic mass is 35.5. The Balaban J connectivity index is 2.40. The van der Waals surface area contributed by atoms with Crippen LogP contribution in [0.4, 0.5) is 0 Å². The Kier molecular flexibility index (Phi) is 3.40. The summed E-state index contributed by atoms with van der Waals surface area (Å²) in [5.41, 5.74) is 0. The number of hydrogen-bond acceptors (Lipinski definition) is 3. The van der Waals surface area contributed by atoms with Gasteiger partial charge in [-0.1, -0.05) is 11.8 Å². The minimum atomic E-state index is -0.566. The van der Waals surface area contributed by atoms with E-state index in [9.17, 15) is 9.59 Å². The van der Waals surface area contributed by atoms with Crippen LogP contribution in [0.1, 0.15) is 13.3 Å². The van der Waals surface area contributed by atoms with Crippen LogP contribution < -0.4 is 5.32 Å². The highest BCUT2D eigenvalue weighted by molar-refractivity contribution is 8.14. The van der Waals surface area contributed by atoms with Gasteiger partial charge in [0.2, 0.25) is 11.0 Å². The van der Waals surface area contributed by atoms with Crippen LogP contribution in [0.15, 0.2) is 0 Å². The molecule has 3 nitrogen and oxygen atoms in total. The Morgan fingerprint density at radius 2 is 2.50 bits per heavy atom. The summed E-state index contributed by atoms with van der Waals surface area (Å²) in [7, 11) is 0. The molecule has 1 saturated heterocycles. The Hall–Kier alpha value is -0.220. The lowest BCUT2D eigenvalue weighted by Gasteiger charge is -2.10. The summed E-state index contributed by atoms with van der Waals surface area (Å²) >= 11 is 6.79. The van der Waals surface area contributed by atoms with Crippen molar-refractivity contribution in [1.82, 2.24) is 5.32 Å². The minimum absolute atomic E-state index is 0.0423. The molecule has 5 heteroatoms. The molecule has 1 fully saturated rings. The number of nitrogens with one attached hydrogen (secondary N) is 1. The van der Waals surface area contributed by atoms with Gasteiger partial charge in [0.15, 0.2) is 0 Å². The molecule has 0 aliphatic carbocycles. The van der Waals surface area contributed by atoms with Gasteiger partial charge in [-0.05, 0) is 13.3 Å². The SMILES string of the molecule is C[C@H](Cl)C(=O)N[C@@H]1CCSC1=O. The summed E-state index contributed by atoms with van der Waals surface area (Å²) in [6.45, 7) is 1.59. The van der Waals surface area contributed by atoms with Crippen LogP contribution in [0.3, 0.4) is 0 Å². The van der Waals surface area contributed by atoms with Crippen molar-refractivity contribution in [2.24, 2.45) is 0 Å². The topological polar surface area (TPSA) is 46.2 Å². The van der Waals surface area contributed by atoms with Gasteiger partial charge in [0.25, 0.3) is 0 Å². The van der Waals surface area contributed by atoms with Crippen LogP contribution in [0, 0.1) is 0 Å². The van der Waals surface area contributed by atoms with Gasteiger partial charge >= 0.3 is 0 Å². The largest absolute Gasteiger partial charge is 0.344 e. The number of alkyl halides is 1. The molecule has 1 N–H and O–H groups in total. The molecule has 68 valence electrons. The predicted molar refractivity (Wildman–Crippen MR) is 49.3 cm³/mol. The molecular weight excluding hydrogens is 198 g/mol. The van der Waals surface area contributed by atoms with Gasteiger partial charge < -0.3 is 5.32 Å². The number of carbonyl (C=O) groups is 2. The normalized spacial score (nSPS) is 25.5. The van der Waals surface area contributed by atoms with Crippen LogP contribution in [0.5, 0.6) is 0 Å². The summed E-state index contributed by atoms with van der Waals surface area (Å²) in [5.74, 6) is 0.526. The molecule has 1 heterocycles. The molecule has 0 aromatic rings. The maximum Gasteiger partial charge on any atom is 0.238 e. The van der Waals surface area contributed by atoms with Crippen molar-refractivity contribution in [2.75, 3.05) is 5.75 Å². The second-order valence-corrected chi connectivity index (χ2v) is 4.39. The Labute approximate surface area is 80.2 Å². The first-order chi connectivity index (χ1) is 5.61. The monoisotopic (exact) mass is 207 g/mol. The number of carbonyl (C=O) groups excluding carboxylic acids is 2. The van der Waals surface area contributed by atoms with Crippen molar-refractivity contribution in [3.8, 4) is 0 Å². The lowest BCUT2D eigenvalue weighted by molar-refractivity contribution is -0.124. The summed E-state index contributed by atoms with van der Waals surface area (Å²) in [4.78, 5) is 22.1. The van der Waals surface area contributed by atoms with E-state index in [-0.39, 0.29) is 17.1 Å². The average Bonchev–Trinajstić information content (AvgIpc) is 2.36. The first-order valence-electron chi connectivity index (χ1n) is 3.72. The first-order valence-corrected chi connectivity index (χ1v) is 5.14. The van der Waals surface area contributed by atoms with E-state index in [1.165, 1.54) is 11.8 Å². The summed E-state index contributed by atoms with van der Waals surface area (Å²) in [5, 5.41) is 2.06. The molecule has 0 bridgehead atoms. The van der Waals surface area contributed by atoms with E-state index in [1.54, 1.807) is 6.92 Å². The third kappa shape index (κ3) is 2.38. The van der Waals surface area contributed by atoms with E-state index < -0.39 is 5.38 Å². The second-order valence-electron chi connectivity index (χ2n) is 2.63. The van der Waals surface area contributed by atoms with Crippen molar-refractivity contribution in [2.45, 2.75) is 24.8 Å². The lowest BCUT2D eigenvalue weighted by atomic mass is 10.2. The standard InChI is InChI=1S/C7H10ClNO2S/c1-4(8)6(10)9-5-2-3-12-7(5)11/h4-5H,2-3H2,1H3,(H,9,10)/t4-,5+/m0/s1. The van der Waals surface area contributed by atoms with Crippen LogP contribution in [-0.4, -0.2) is 28.2 Å². The zero-order chi connectivity index (χ0) is 9.14. The molecule has 2 atom stereocenters. The van der Waals surface area contributed by atoms with E-state index in [4.69, 9.17) is 11.6 Å². The van der Waals surface area contributed by atoms with E-state index >= 15 is 0 Å².